The fourth-order valence-corrected chi connectivity index (χ4v) is 3.20. The maximum absolute atomic E-state index is 6.45. The van der Waals surface area contributed by atoms with Crippen LogP contribution in [0.1, 0.15) is 11.1 Å². The van der Waals surface area contributed by atoms with E-state index in [4.69, 9.17) is 32.7 Å². The van der Waals surface area contributed by atoms with Gasteiger partial charge >= 0.3 is 0 Å². The first-order chi connectivity index (χ1) is 13.1. The summed E-state index contributed by atoms with van der Waals surface area (Å²) in [5.41, 5.74) is 2.83. The summed E-state index contributed by atoms with van der Waals surface area (Å²) in [6.07, 6.45) is 0. The van der Waals surface area contributed by atoms with E-state index in [1.165, 1.54) is 0 Å². The third kappa shape index (κ3) is 5.32. The van der Waals surface area contributed by atoms with E-state index in [9.17, 15) is 0 Å². The second-order valence-electron chi connectivity index (χ2n) is 5.84. The van der Waals surface area contributed by atoms with Gasteiger partial charge in [0.05, 0.1) is 7.11 Å². The Bertz CT molecular complexity index is 917. The van der Waals surface area contributed by atoms with Gasteiger partial charge in [0.25, 0.3) is 0 Å². The topological polar surface area (TPSA) is 30.5 Å². The van der Waals surface area contributed by atoms with Crippen LogP contribution in [-0.2, 0) is 13.2 Å². The van der Waals surface area contributed by atoms with Gasteiger partial charge in [-0.2, -0.15) is 0 Å². The summed E-state index contributed by atoms with van der Waals surface area (Å²) in [5.74, 6) is 1.20. The van der Waals surface area contributed by atoms with Crippen molar-refractivity contribution in [2.75, 3.05) is 12.4 Å². The smallest absolute Gasteiger partial charge is 0.163 e. The lowest BCUT2D eigenvalue weighted by atomic mass is 10.2. The van der Waals surface area contributed by atoms with Gasteiger partial charge in [-0.25, -0.2) is 0 Å². The van der Waals surface area contributed by atoms with E-state index in [2.05, 4.69) is 21.2 Å². The molecular formula is C21H18BrCl2NO2. The number of halogens is 3. The molecule has 140 valence electrons. The van der Waals surface area contributed by atoms with Crippen molar-refractivity contribution in [3.05, 3.63) is 86.3 Å². The first-order valence-corrected chi connectivity index (χ1v) is 9.84. The van der Waals surface area contributed by atoms with Crippen molar-refractivity contribution in [2.24, 2.45) is 0 Å². The van der Waals surface area contributed by atoms with Crippen molar-refractivity contribution >= 4 is 44.8 Å². The van der Waals surface area contributed by atoms with Crippen LogP contribution in [0.2, 0.25) is 10.0 Å². The van der Waals surface area contributed by atoms with Gasteiger partial charge in [0, 0.05) is 38.4 Å². The number of nitrogens with one attached hydrogen (secondary N) is 1. The molecule has 3 nitrogen and oxygen atoms in total. The molecule has 0 aliphatic rings. The molecule has 0 saturated heterocycles. The minimum atomic E-state index is 0.336. The zero-order chi connectivity index (χ0) is 19.2. The molecule has 3 aromatic rings. The van der Waals surface area contributed by atoms with Gasteiger partial charge in [-0.05, 0) is 42.0 Å². The summed E-state index contributed by atoms with van der Waals surface area (Å²) in [5, 5.41) is 4.62. The van der Waals surface area contributed by atoms with Crippen molar-refractivity contribution in [2.45, 2.75) is 13.2 Å². The first-order valence-electron chi connectivity index (χ1n) is 8.29. The first kappa shape index (κ1) is 19.9. The third-order valence-electron chi connectivity index (χ3n) is 4.00. The Balaban J connectivity index is 1.72. The third-order valence-corrected chi connectivity index (χ3v) is 5.25. The summed E-state index contributed by atoms with van der Waals surface area (Å²) >= 11 is 16.1. The van der Waals surface area contributed by atoms with Gasteiger partial charge < -0.3 is 14.8 Å². The average molecular weight is 467 g/mol. The summed E-state index contributed by atoms with van der Waals surface area (Å²) in [6, 6.07) is 19.2. The van der Waals surface area contributed by atoms with Crippen LogP contribution >= 0.6 is 39.1 Å². The molecule has 1 N–H and O–H groups in total. The molecule has 0 saturated carbocycles. The number of hydrogen-bond acceptors (Lipinski definition) is 3. The van der Waals surface area contributed by atoms with Crippen LogP contribution in [0.3, 0.4) is 0 Å². The zero-order valence-corrected chi connectivity index (χ0v) is 17.7. The Hall–Kier alpha value is -1.88. The normalized spacial score (nSPS) is 10.5. The zero-order valence-electron chi connectivity index (χ0n) is 14.6. The van der Waals surface area contributed by atoms with Gasteiger partial charge in [0.2, 0.25) is 0 Å². The molecule has 0 aliphatic carbocycles. The van der Waals surface area contributed by atoms with Gasteiger partial charge in [0.1, 0.15) is 6.61 Å². The van der Waals surface area contributed by atoms with Crippen molar-refractivity contribution in [3.63, 3.8) is 0 Å². The second-order valence-corrected chi connectivity index (χ2v) is 7.57. The van der Waals surface area contributed by atoms with Crippen molar-refractivity contribution in [1.82, 2.24) is 0 Å². The van der Waals surface area contributed by atoms with E-state index in [1.807, 2.05) is 54.6 Å². The van der Waals surface area contributed by atoms with E-state index >= 15 is 0 Å². The molecule has 3 aromatic carbocycles. The Labute approximate surface area is 177 Å². The van der Waals surface area contributed by atoms with Crippen LogP contribution in [0, 0.1) is 0 Å². The molecule has 0 fully saturated rings. The molecule has 0 spiro atoms. The van der Waals surface area contributed by atoms with Gasteiger partial charge in [-0.1, -0.05) is 57.3 Å². The fraction of sp³-hybridized carbons (Fsp3) is 0.143. The molecule has 3 rings (SSSR count). The quantitative estimate of drug-likeness (QED) is 0.408. The Kier molecular flexibility index (Phi) is 6.89. The van der Waals surface area contributed by atoms with E-state index < -0.39 is 0 Å². The van der Waals surface area contributed by atoms with E-state index in [-0.39, 0.29) is 0 Å². The molecule has 0 unspecified atom stereocenters. The highest BCUT2D eigenvalue weighted by Gasteiger charge is 2.12. The minimum absolute atomic E-state index is 0.336. The number of ether oxygens (including phenoxy) is 2. The Morgan fingerprint density at radius 2 is 1.63 bits per heavy atom. The highest BCUT2D eigenvalue weighted by atomic mass is 79.9. The van der Waals surface area contributed by atoms with Crippen LogP contribution < -0.4 is 14.8 Å². The number of rotatable bonds is 7. The monoisotopic (exact) mass is 465 g/mol. The van der Waals surface area contributed by atoms with Crippen molar-refractivity contribution in [3.8, 4) is 11.5 Å². The van der Waals surface area contributed by atoms with Crippen LogP contribution in [0.25, 0.3) is 0 Å². The lowest BCUT2D eigenvalue weighted by Crippen LogP contribution is -2.03. The number of hydrogen-bond donors (Lipinski definition) is 1. The predicted octanol–water partition coefficient (Wildman–Crippen LogP) is 6.96. The average Bonchev–Trinajstić information content (AvgIpc) is 2.68. The van der Waals surface area contributed by atoms with Crippen LogP contribution in [-0.4, -0.2) is 7.11 Å². The molecule has 6 heteroatoms. The number of benzene rings is 3. The Morgan fingerprint density at radius 3 is 2.33 bits per heavy atom. The lowest BCUT2D eigenvalue weighted by molar-refractivity contribution is 0.284. The van der Waals surface area contributed by atoms with Gasteiger partial charge in [0.15, 0.2) is 11.5 Å². The van der Waals surface area contributed by atoms with E-state index in [0.717, 1.165) is 21.3 Å². The van der Waals surface area contributed by atoms with E-state index in [0.29, 0.717) is 34.7 Å². The standard InChI is InChI=1S/C21H18BrCl2NO2/c1-26-20-10-15(12-25-17-8-6-16(22)7-9-17)19(24)11-21(20)27-13-14-4-2-3-5-18(14)23/h2-11,25H,12-13H2,1H3. The van der Waals surface area contributed by atoms with Crippen molar-refractivity contribution < 1.29 is 9.47 Å². The Morgan fingerprint density at radius 1 is 0.889 bits per heavy atom. The molecule has 0 atom stereocenters. The van der Waals surface area contributed by atoms with Crippen LogP contribution in [0.15, 0.2) is 65.1 Å². The molecule has 0 heterocycles. The molecule has 0 aliphatic heterocycles. The van der Waals surface area contributed by atoms with Crippen LogP contribution in [0.4, 0.5) is 5.69 Å². The predicted molar refractivity (Wildman–Crippen MR) is 115 cm³/mol. The molecule has 0 amide bonds. The van der Waals surface area contributed by atoms with E-state index in [1.54, 1.807) is 13.2 Å². The summed E-state index contributed by atoms with van der Waals surface area (Å²) < 4.78 is 12.4. The molecule has 27 heavy (non-hydrogen) atoms. The largest absolute Gasteiger partial charge is 0.493 e. The van der Waals surface area contributed by atoms with Gasteiger partial charge in [-0.3, -0.25) is 0 Å². The molecule has 0 bridgehead atoms. The SMILES string of the molecule is COc1cc(CNc2ccc(Br)cc2)c(Cl)cc1OCc1ccccc1Cl. The molecule has 0 aromatic heterocycles. The fourth-order valence-electron chi connectivity index (χ4n) is 2.52. The van der Waals surface area contributed by atoms with Crippen molar-refractivity contribution in [1.29, 1.82) is 0 Å². The molecule has 0 radical (unpaired) electrons. The number of anilines is 1. The summed E-state index contributed by atoms with van der Waals surface area (Å²) in [4.78, 5) is 0. The molecular weight excluding hydrogens is 449 g/mol. The highest BCUT2D eigenvalue weighted by molar-refractivity contribution is 9.10. The maximum Gasteiger partial charge on any atom is 0.163 e. The lowest BCUT2D eigenvalue weighted by Gasteiger charge is -2.15. The summed E-state index contributed by atoms with van der Waals surface area (Å²) in [6.45, 7) is 0.907. The summed E-state index contributed by atoms with van der Waals surface area (Å²) in [7, 11) is 1.61. The maximum atomic E-state index is 6.45. The van der Waals surface area contributed by atoms with Crippen LogP contribution in [0.5, 0.6) is 11.5 Å². The highest BCUT2D eigenvalue weighted by Crippen LogP contribution is 2.34. The second kappa shape index (κ2) is 9.36. The number of methoxy groups -OCH3 is 1. The van der Waals surface area contributed by atoms with Gasteiger partial charge in [-0.15, -0.1) is 0 Å². The minimum Gasteiger partial charge on any atom is -0.493 e.